The number of amides is 1. The summed E-state index contributed by atoms with van der Waals surface area (Å²) in [5, 5.41) is 10.1. The third-order valence-corrected chi connectivity index (χ3v) is 3.71. The highest BCUT2D eigenvalue weighted by Crippen LogP contribution is 2.34. The molecule has 1 N–H and O–H groups in total. The van der Waals surface area contributed by atoms with Crippen LogP contribution in [0.5, 0.6) is 0 Å². The number of aryl methyl sites for hydroxylation is 1. The molecule has 112 valence electrons. The van der Waals surface area contributed by atoms with Crippen molar-refractivity contribution in [2.45, 2.75) is 40.2 Å². The van der Waals surface area contributed by atoms with Crippen LogP contribution in [0.25, 0.3) is 0 Å². The number of carbonyl (C=O) groups excluding carboxylic acids is 2. The van der Waals surface area contributed by atoms with E-state index in [4.69, 9.17) is 0 Å². The lowest BCUT2D eigenvalue weighted by atomic mass is 9.95. The number of carbonyl (C=O) groups is 2. The summed E-state index contributed by atoms with van der Waals surface area (Å²) in [6, 6.07) is 7.13. The molecule has 0 saturated carbocycles. The van der Waals surface area contributed by atoms with Crippen LogP contribution < -0.4 is 4.90 Å². The third kappa shape index (κ3) is 2.84. The van der Waals surface area contributed by atoms with Crippen LogP contribution in [0.15, 0.2) is 35.6 Å². The number of hydrogen-bond acceptors (Lipinski definition) is 3. The molecule has 1 heterocycles. The fraction of sp³-hybridized carbons (Fsp3) is 0.412. The van der Waals surface area contributed by atoms with E-state index in [1.165, 1.54) is 11.8 Å². The van der Waals surface area contributed by atoms with Gasteiger partial charge in [-0.25, -0.2) is 0 Å². The summed E-state index contributed by atoms with van der Waals surface area (Å²) in [4.78, 5) is 25.7. The molecule has 4 heteroatoms. The van der Waals surface area contributed by atoms with E-state index in [-0.39, 0.29) is 11.4 Å². The maximum Gasteiger partial charge on any atom is 0.294 e. The Hall–Kier alpha value is -2.10. The molecule has 21 heavy (non-hydrogen) atoms. The maximum atomic E-state index is 12.4. The predicted octanol–water partition coefficient (Wildman–Crippen LogP) is 3.16. The second kappa shape index (κ2) is 5.72. The summed E-state index contributed by atoms with van der Waals surface area (Å²) < 4.78 is 0. The zero-order chi connectivity index (χ0) is 15.7. The van der Waals surface area contributed by atoms with Gasteiger partial charge >= 0.3 is 0 Å². The van der Waals surface area contributed by atoms with E-state index >= 15 is 0 Å². The van der Waals surface area contributed by atoms with Gasteiger partial charge < -0.3 is 5.11 Å². The average molecular weight is 287 g/mol. The second-order valence-electron chi connectivity index (χ2n) is 5.97. The van der Waals surface area contributed by atoms with Crippen LogP contribution in [0, 0.1) is 12.8 Å². The Morgan fingerprint density at radius 2 is 1.86 bits per heavy atom. The minimum absolute atomic E-state index is 0.231. The van der Waals surface area contributed by atoms with Gasteiger partial charge in [-0.05, 0) is 38.3 Å². The number of benzene rings is 1. The molecule has 0 bridgehead atoms. The molecule has 1 aromatic rings. The molecular formula is C17H21NO3. The molecule has 2 rings (SSSR count). The molecule has 1 aliphatic heterocycles. The topological polar surface area (TPSA) is 57.6 Å². The molecule has 0 aliphatic carbocycles. The molecule has 0 spiro atoms. The van der Waals surface area contributed by atoms with Crippen molar-refractivity contribution < 1.29 is 14.7 Å². The smallest absolute Gasteiger partial charge is 0.294 e. The monoisotopic (exact) mass is 287 g/mol. The second-order valence-corrected chi connectivity index (χ2v) is 5.97. The summed E-state index contributed by atoms with van der Waals surface area (Å²) in [5.74, 6) is -0.847. The number of ketones is 1. The molecule has 0 aromatic heterocycles. The number of rotatable bonds is 4. The number of nitrogens with zero attached hydrogens (tertiary/aromatic N) is 1. The van der Waals surface area contributed by atoms with Crippen molar-refractivity contribution >= 4 is 17.4 Å². The Bertz CT molecular complexity index is 599. The summed E-state index contributed by atoms with van der Waals surface area (Å²) in [5.41, 5.74) is 2.03. The molecular weight excluding hydrogens is 266 g/mol. The van der Waals surface area contributed by atoms with Crippen molar-refractivity contribution in [1.82, 2.24) is 0 Å². The summed E-state index contributed by atoms with van der Waals surface area (Å²) in [6.45, 7) is 7.43. The summed E-state index contributed by atoms with van der Waals surface area (Å²) in [7, 11) is 0. The van der Waals surface area contributed by atoms with E-state index in [1.807, 2.05) is 45.0 Å². The third-order valence-electron chi connectivity index (χ3n) is 3.71. The normalized spacial score (nSPS) is 18.8. The Morgan fingerprint density at radius 3 is 2.33 bits per heavy atom. The minimum Gasteiger partial charge on any atom is -0.503 e. The van der Waals surface area contributed by atoms with E-state index in [0.29, 0.717) is 18.0 Å². The van der Waals surface area contributed by atoms with Gasteiger partial charge in [0.1, 0.15) is 0 Å². The molecule has 0 radical (unpaired) electrons. The number of aliphatic hydroxyl groups excluding tert-OH is 1. The van der Waals surface area contributed by atoms with E-state index in [2.05, 4.69) is 0 Å². The van der Waals surface area contributed by atoms with Gasteiger partial charge in [0.05, 0.1) is 11.6 Å². The van der Waals surface area contributed by atoms with E-state index in [9.17, 15) is 14.7 Å². The first-order chi connectivity index (χ1) is 9.82. The lowest BCUT2D eigenvalue weighted by Crippen LogP contribution is -2.37. The predicted molar refractivity (Wildman–Crippen MR) is 82.2 cm³/mol. The lowest BCUT2D eigenvalue weighted by Gasteiger charge is -2.27. The van der Waals surface area contributed by atoms with Gasteiger partial charge in [0, 0.05) is 5.69 Å². The van der Waals surface area contributed by atoms with Crippen molar-refractivity contribution in [3.63, 3.8) is 0 Å². The minimum atomic E-state index is -0.491. The van der Waals surface area contributed by atoms with Gasteiger partial charge in [0.15, 0.2) is 11.5 Å². The number of Topliss-reactive ketones (excluding diaryl/α,β-unsaturated/α-hetero) is 1. The average Bonchev–Trinajstić information content (AvgIpc) is 2.62. The first-order valence-corrected chi connectivity index (χ1v) is 7.17. The van der Waals surface area contributed by atoms with Gasteiger partial charge in [-0.2, -0.15) is 0 Å². The largest absolute Gasteiger partial charge is 0.503 e. The number of aliphatic hydroxyl groups is 1. The number of hydrogen-bond donors (Lipinski definition) is 1. The maximum absolute atomic E-state index is 12.4. The Balaban J connectivity index is 2.47. The number of anilines is 1. The van der Waals surface area contributed by atoms with Crippen LogP contribution in [0.1, 0.15) is 32.8 Å². The van der Waals surface area contributed by atoms with Gasteiger partial charge in [0.2, 0.25) is 0 Å². The fourth-order valence-electron chi connectivity index (χ4n) is 2.73. The van der Waals surface area contributed by atoms with Crippen LogP contribution in [0.3, 0.4) is 0 Å². The summed E-state index contributed by atoms with van der Waals surface area (Å²) in [6.07, 6.45) is 0.637. The van der Waals surface area contributed by atoms with Gasteiger partial charge in [0.25, 0.3) is 5.91 Å². The SMILES string of the molecule is CC(=O)C1=C(O)C(=O)N(c2ccc(C)cc2)C1CC(C)C. The van der Waals surface area contributed by atoms with Crippen LogP contribution in [-0.2, 0) is 9.59 Å². The van der Waals surface area contributed by atoms with Crippen molar-refractivity contribution in [2.24, 2.45) is 5.92 Å². The van der Waals surface area contributed by atoms with Gasteiger partial charge in [-0.1, -0.05) is 31.5 Å². The molecule has 1 aromatic carbocycles. The van der Waals surface area contributed by atoms with Crippen molar-refractivity contribution in [3.05, 3.63) is 41.2 Å². The first-order valence-electron chi connectivity index (χ1n) is 7.17. The first kappa shape index (κ1) is 15.3. The Labute approximate surface area is 125 Å². The van der Waals surface area contributed by atoms with E-state index in [1.54, 1.807) is 0 Å². The lowest BCUT2D eigenvalue weighted by molar-refractivity contribution is -0.117. The molecule has 0 fully saturated rings. The van der Waals surface area contributed by atoms with Crippen molar-refractivity contribution in [3.8, 4) is 0 Å². The molecule has 0 saturated heterocycles. The van der Waals surface area contributed by atoms with Crippen LogP contribution >= 0.6 is 0 Å². The van der Waals surface area contributed by atoms with E-state index < -0.39 is 17.7 Å². The van der Waals surface area contributed by atoms with Crippen molar-refractivity contribution in [2.75, 3.05) is 4.90 Å². The zero-order valence-corrected chi connectivity index (χ0v) is 12.9. The zero-order valence-electron chi connectivity index (χ0n) is 12.9. The Kier molecular flexibility index (Phi) is 4.16. The highest BCUT2D eigenvalue weighted by Gasteiger charge is 2.42. The fourth-order valence-corrected chi connectivity index (χ4v) is 2.73. The standard InChI is InChI=1S/C17H21NO3/c1-10(2)9-14-15(12(4)19)16(20)17(21)18(14)13-7-5-11(3)6-8-13/h5-8,10,14,20H,9H2,1-4H3. The molecule has 1 aliphatic rings. The highest BCUT2D eigenvalue weighted by atomic mass is 16.3. The van der Waals surface area contributed by atoms with Gasteiger partial charge in [-0.3, -0.25) is 14.5 Å². The molecule has 1 amide bonds. The van der Waals surface area contributed by atoms with Crippen LogP contribution in [0.2, 0.25) is 0 Å². The highest BCUT2D eigenvalue weighted by molar-refractivity contribution is 6.15. The van der Waals surface area contributed by atoms with Crippen molar-refractivity contribution in [1.29, 1.82) is 0 Å². The van der Waals surface area contributed by atoms with E-state index in [0.717, 1.165) is 5.56 Å². The quantitative estimate of drug-likeness (QED) is 0.925. The van der Waals surface area contributed by atoms with Crippen LogP contribution in [0.4, 0.5) is 5.69 Å². The Morgan fingerprint density at radius 1 is 1.29 bits per heavy atom. The molecule has 4 nitrogen and oxygen atoms in total. The van der Waals surface area contributed by atoms with Gasteiger partial charge in [-0.15, -0.1) is 0 Å². The molecule has 1 atom stereocenters. The summed E-state index contributed by atoms with van der Waals surface area (Å²) >= 11 is 0. The molecule has 1 unspecified atom stereocenters. The van der Waals surface area contributed by atoms with Crippen LogP contribution in [-0.4, -0.2) is 22.8 Å².